The van der Waals surface area contributed by atoms with E-state index in [4.69, 9.17) is 4.74 Å². The molecule has 0 aromatic heterocycles. The van der Waals surface area contributed by atoms with Crippen molar-refractivity contribution in [3.8, 4) is 0 Å². The van der Waals surface area contributed by atoms with Crippen molar-refractivity contribution in [3.05, 3.63) is 48.6 Å². The first-order valence-corrected chi connectivity index (χ1v) is 8.31. The standard InChI is InChI=1S/C15H22N2O4S/c1-4-10-15(2,3)12-16-22(19,20)17-14(18)21-11-13-8-6-5-7-9-13/h4-9,16H,1,10-12H2,2-3H3,(H,17,18). The number of nitrogens with one attached hydrogen (secondary N) is 2. The van der Waals surface area contributed by atoms with Gasteiger partial charge in [0.2, 0.25) is 0 Å². The van der Waals surface area contributed by atoms with Crippen LogP contribution >= 0.6 is 0 Å². The minimum absolute atomic E-state index is 0.00412. The van der Waals surface area contributed by atoms with Crippen molar-refractivity contribution in [2.75, 3.05) is 6.54 Å². The molecule has 1 rings (SSSR count). The van der Waals surface area contributed by atoms with Gasteiger partial charge >= 0.3 is 16.3 Å². The molecule has 6 nitrogen and oxygen atoms in total. The Labute approximate surface area is 131 Å². The molecular weight excluding hydrogens is 304 g/mol. The Hall–Kier alpha value is -1.86. The number of rotatable bonds is 8. The number of ether oxygens (including phenoxy) is 1. The Balaban J connectivity index is 2.43. The van der Waals surface area contributed by atoms with Gasteiger partial charge in [-0.1, -0.05) is 50.3 Å². The number of allylic oxidation sites excluding steroid dienone is 1. The predicted octanol–water partition coefficient (Wildman–Crippen LogP) is 2.35. The molecule has 122 valence electrons. The van der Waals surface area contributed by atoms with Crippen LogP contribution in [-0.4, -0.2) is 21.1 Å². The molecule has 0 bridgehead atoms. The largest absolute Gasteiger partial charge is 0.444 e. The van der Waals surface area contributed by atoms with Gasteiger partial charge in [-0.3, -0.25) is 0 Å². The molecular formula is C15H22N2O4S. The van der Waals surface area contributed by atoms with E-state index < -0.39 is 16.3 Å². The van der Waals surface area contributed by atoms with Gasteiger partial charge in [0.1, 0.15) is 6.61 Å². The minimum Gasteiger partial charge on any atom is -0.444 e. The predicted molar refractivity (Wildman–Crippen MR) is 85.3 cm³/mol. The summed E-state index contributed by atoms with van der Waals surface area (Å²) < 4.78 is 32.5. The Bertz CT molecular complexity index is 597. The molecule has 0 spiro atoms. The van der Waals surface area contributed by atoms with Crippen molar-refractivity contribution < 1.29 is 17.9 Å². The maximum absolute atomic E-state index is 11.8. The van der Waals surface area contributed by atoms with Gasteiger partial charge < -0.3 is 4.74 Å². The fraction of sp³-hybridized carbons (Fsp3) is 0.400. The van der Waals surface area contributed by atoms with E-state index in [-0.39, 0.29) is 18.6 Å². The second kappa shape index (κ2) is 7.95. The Morgan fingerprint density at radius 3 is 2.55 bits per heavy atom. The first-order chi connectivity index (χ1) is 10.2. The molecule has 0 aliphatic carbocycles. The molecule has 0 fully saturated rings. The first-order valence-electron chi connectivity index (χ1n) is 6.83. The van der Waals surface area contributed by atoms with Crippen LogP contribution in [0.25, 0.3) is 0 Å². The van der Waals surface area contributed by atoms with Crippen molar-refractivity contribution in [3.63, 3.8) is 0 Å². The Morgan fingerprint density at radius 2 is 1.95 bits per heavy atom. The van der Waals surface area contributed by atoms with Gasteiger partial charge in [-0.15, -0.1) is 6.58 Å². The molecule has 0 aliphatic heterocycles. The normalized spacial score (nSPS) is 11.7. The van der Waals surface area contributed by atoms with Crippen molar-refractivity contribution >= 4 is 16.3 Å². The van der Waals surface area contributed by atoms with E-state index in [2.05, 4.69) is 11.3 Å². The molecule has 0 aliphatic rings. The summed E-state index contributed by atoms with van der Waals surface area (Å²) in [6, 6.07) is 8.99. The lowest BCUT2D eigenvalue weighted by molar-refractivity contribution is 0.146. The number of hydrogen-bond donors (Lipinski definition) is 2. The highest BCUT2D eigenvalue weighted by Gasteiger charge is 2.21. The lowest BCUT2D eigenvalue weighted by Gasteiger charge is -2.23. The second-order valence-electron chi connectivity index (χ2n) is 5.65. The zero-order chi connectivity index (χ0) is 16.6. The average molecular weight is 326 g/mol. The molecule has 0 unspecified atom stereocenters. The quantitative estimate of drug-likeness (QED) is 0.718. The Morgan fingerprint density at radius 1 is 1.32 bits per heavy atom. The number of amides is 1. The van der Waals surface area contributed by atoms with E-state index >= 15 is 0 Å². The lowest BCUT2D eigenvalue weighted by atomic mass is 9.90. The van der Waals surface area contributed by atoms with Gasteiger partial charge in [0.25, 0.3) is 0 Å². The van der Waals surface area contributed by atoms with Crippen LogP contribution in [0.3, 0.4) is 0 Å². The lowest BCUT2D eigenvalue weighted by Crippen LogP contribution is -2.43. The van der Waals surface area contributed by atoms with E-state index in [1.54, 1.807) is 30.3 Å². The molecule has 0 radical (unpaired) electrons. The van der Waals surface area contributed by atoms with Gasteiger partial charge in [0.05, 0.1) is 0 Å². The van der Waals surface area contributed by atoms with E-state index in [9.17, 15) is 13.2 Å². The number of carbonyl (C=O) groups excluding carboxylic acids is 1. The number of hydrogen-bond acceptors (Lipinski definition) is 4. The fourth-order valence-corrected chi connectivity index (χ4v) is 2.58. The molecule has 0 saturated carbocycles. The van der Waals surface area contributed by atoms with Crippen molar-refractivity contribution in [1.82, 2.24) is 9.44 Å². The van der Waals surface area contributed by atoms with Crippen LogP contribution in [0.4, 0.5) is 4.79 Å². The van der Waals surface area contributed by atoms with Crippen LogP contribution in [-0.2, 0) is 21.6 Å². The monoisotopic (exact) mass is 326 g/mol. The minimum atomic E-state index is -3.95. The zero-order valence-corrected chi connectivity index (χ0v) is 13.7. The van der Waals surface area contributed by atoms with Crippen LogP contribution < -0.4 is 9.44 Å². The smallest absolute Gasteiger partial charge is 0.422 e. The van der Waals surface area contributed by atoms with Crippen molar-refractivity contribution in [2.45, 2.75) is 26.9 Å². The molecule has 1 aromatic carbocycles. The third-order valence-corrected chi connectivity index (χ3v) is 3.83. The van der Waals surface area contributed by atoms with Gasteiger partial charge in [-0.05, 0) is 17.4 Å². The van der Waals surface area contributed by atoms with Gasteiger partial charge in [-0.2, -0.15) is 13.1 Å². The molecule has 0 atom stereocenters. The van der Waals surface area contributed by atoms with Gasteiger partial charge in [0, 0.05) is 6.54 Å². The third kappa shape index (κ3) is 7.24. The molecule has 0 saturated heterocycles. The van der Waals surface area contributed by atoms with E-state index in [1.807, 2.05) is 24.6 Å². The fourth-order valence-electron chi connectivity index (χ4n) is 1.65. The summed E-state index contributed by atoms with van der Waals surface area (Å²) in [4.78, 5) is 11.5. The van der Waals surface area contributed by atoms with Crippen molar-refractivity contribution in [2.24, 2.45) is 5.41 Å². The maximum atomic E-state index is 11.8. The molecule has 22 heavy (non-hydrogen) atoms. The van der Waals surface area contributed by atoms with E-state index in [1.165, 1.54) is 0 Å². The Kier molecular flexibility index (Phi) is 6.58. The summed E-state index contributed by atoms with van der Waals surface area (Å²) in [6.45, 7) is 7.60. The molecule has 1 amide bonds. The summed E-state index contributed by atoms with van der Waals surface area (Å²) >= 11 is 0. The SMILES string of the molecule is C=CCC(C)(C)CNS(=O)(=O)NC(=O)OCc1ccccc1. The highest BCUT2D eigenvalue weighted by molar-refractivity contribution is 7.88. The number of carbonyl (C=O) groups is 1. The summed E-state index contributed by atoms with van der Waals surface area (Å²) in [5, 5.41) is 0. The maximum Gasteiger partial charge on any atom is 0.422 e. The highest BCUT2D eigenvalue weighted by atomic mass is 32.2. The van der Waals surface area contributed by atoms with E-state index in [0.29, 0.717) is 6.42 Å². The summed E-state index contributed by atoms with van der Waals surface area (Å²) in [7, 11) is -3.95. The van der Waals surface area contributed by atoms with Gasteiger partial charge in [-0.25, -0.2) is 9.52 Å². The van der Waals surface area contributed by atoms with Crippen LogP contribution in [0.15, 0.2) is 43.0 Å². The molecule has 1 aromatic rings. The second-order valence-corrected chi connectivity index (χ2v) is 7.15. The molecule has 0 heterocycles. The third-order valence-electron chi connectivity index (χ3n) is 2.87. The topological polar surface area (TPSA) is 84.5 Å². The van der Waals surface area contributed by atoms with E-state index in [0.717, 1.165) is 5.56 Å². The molecule has 7 heteroatoms. The zero-order valence-electron chi connectivity index (χ0n) is 12.8. The highest BCUT2D eigenvalue weighted by Crippen LogP contribution is 2.19. The van der Waals surface area contributed by atoms with Gasteiger partial charge in [0.15, 0.2) is 0 Å². The average Bonchev–Trinajstić information content (AvgIpc) is 2.44. The summed E-state index contributed by atoms with van der Waals surface area (Å²) in [6.07, 6.45) is 1.35. The van der Waals surface area contributed by atoms with Crippen molar-refractivity contribution in [1.29, 1.82) is 0 Å². The first kappa shape index (κ1) is 18.2. The molecule has 2 N–H and O–H groups in total. The van der Waals surface area contributed by atoms with Crippen LogP contribution in [0.2, 0.25) is 0 Å². The van der Waals surface area contributed by atoms with Crippen LogP contribution in [0.1, 0.15) is 25.8 Å². The van der Waals surface area contributed by atoms with Crippen LogP contribution in [0, 0.1) is 5.41 Å². The number of benzene rings is 1. The summed E-state index contributed by atoms with van der Waals surface area (Å²) in [5.41, 5.74) is 0.486. The summed E-state index contributed by atoms with van der Waals surface area (Å²) in [5.74, 6) is 0. The van der Waals surface area contributed by atoms with Crippen LogP contribution in [0.5, 0.6) is 0 Å².